The third kappa shape index (κ3) is 4.90. The van der Waals surface area contributed by atoms with E-state index in [1.54, 1.807) is 31.7 Å². The third-order valence-electron chi connectivity index (χ3n) is 2.98. The lowest BCUT2D eigenvalue weighted by Crippen LogP contribution is -2.09. The first kappa shape index (κ1) is 18.2. The van der Waals surface area contributed by atoms with Crippen LogP contribution in [0.15, 0.2) is 63.7 Å². The molecule has 0 saturated heterocycles. The van der Waals surface area contributed by atoms with Crippen molar-refractivity contribution in [2.75, 3.05) is 16.4 Å². The van der Waals surface area contributed by atoms with Gasteiger partial charge in [-0.3, -0.25) is 4.98 Å². The van der Waals surface area contributed by atoms with Crippen LogP contribution in [-0.4, -0.2) is 15.7 Å². The van der Waals surface area contributed by atoms with E-state index in [-0.39, 0.29) is 0 Å². The standard InChI is InChI=1S/C16H16Br2N6/c1-9(19)14(8-22-12-4-15(18)16(20)23-7-12)10(2)24-13-3-11(17)5-21-6-13/h3-8,19,22,24H,2H2,1H3,(H2,20,23)/b14-8+,19-9?. The van der Waals surface area contributed by atoms with Crippen LogP contribution in [0.4, 0.5) is 17.2 Å². The van der Waals surface area contributed by atoms with Gasteiger partial charge in [0.05, 0.1) is 28.2 Å². The summed E-state index contributed by atoms with van der Waals surface area (Å²) in [6.07, 6.45) is 6.69. The van der Waals surface area contributed by atoms with Gasteiger partial charge in [0.25, 0.3) is 0 Å². The molecule has 124 valence electrons. The summed E-state index contributed by atoms with van der Waals surface area (Å²) in [5.74, 6) is 0.418. The number of allylic oxidation sites excluding steroid dienone is 1. The number of nitrogens with zero attached hydrogens (tertiary/aromatic N) is 2. The lowest BCUT2D eigenvalue weighted by molar-refractivity contribution is 1.28. The highest BCUT2D eigenvalue weighted by Gasteiger charge is 2.07. The molecule has 2 aromatic rings. The molecular weight excluding hydrogens is 436 g/mol. The van der Waals surface area contributed by atoms with Crippen molar-refractivity contribution in [3.63, 3.8) is 0 Å². The largest absolute Gasteiger partial charge is 0.383 e. The van der Waals surface area contributed by atoms with E-state index in [9.17, 15) is 0 Å². The van der Waals surface area contributed by atoms with E-state index in [0.29, 0.717) is 27.3 Å². The minimum absolute atomic E-state index is 0.366. The van der Waals surface area contributed by atoms with E-state index in [4.69, 9.17) is 11.1 Å². The zero-order valence-corrected chi connectivity index (χ0v) is 16.1. The second kappa shape index (κ2) is 8.07. The summed E-state index contributed by atoms with van der Waals surface area (Å²) in [6, 6.07) is 3.69. The summed E-state index contributed by atoms with van der Waals surface area (Å²) < 4.78 is 1.56. The topological polar surface area (TPSA) is 99.7 Å². The summed E-state index contributed by atoms with van der Waals surface area (Å²) in [6.45, 7) is 5.69. The minimum Gasteiger partial charge on any atom is -0.383 e. The maximum absolute atomic E-state index is 7.95. The van der Waals surface area contributed by atoms with Crippen LogP contribution in [0.2, 0.25) is 0 Å². The van der Waals surface area contributed by atoms with Gasteiger partial charge in [0.1, 0.15) is 5.82 Å². The molecule has 5 N–H and O–H groups in total. The summed E-state index contributed by atoms with van der Waals surface area (Å²) in [4.78, 5) is 8.15. The molecule has 0 aliphatic heterocycles. The quantitative estimate of drug-likeness (QED) is 0.381. The van der Waals surface area contributed by atoms with Crippen LogP contribution in [0.25, 0.3) is 0 Å². The van der Waals surface area contributed by atoms with E-state index in [0.717, 1.165) is 15.8 Å². The molecule has 0 aromatic carbocycles. The molecule has 0 amide bonds. The molecule has 6 nitrogen and oxygen atoms in total. The summed E-state index contributed by atoms with van der Waals surface area (Å²) in [5.41, 5.74) is 8.76. The highest BCUT2D eigenvalue weighted by Crippen LogP contribution is 2.22. The monoisotopic (exact) mass is 450 g/mol. The fourth-order valence-electron chi connectivity index (χ4n) is 1.83. The maximum atomic E-state index is 7.95. The number of anilines is 3. The second-order valence-electron chi connectivity index (χ2n) is 4.91. The van der Waals surface area contributed by atoms with Crippen LogP contribution in [0.5, 0.6) is 0 Å². The first-order valence-corrected chi connectivity index (χ1v) is 8.45. The number of nitrogens with one attached hydrogen (secondary N) is 3. The van der Waals surface area contributed by atoms with Crippen LogP contribution >= 0.6 is 31.9 Å². The highest BCUT2D eigenvalue weighted by atomic mass is 79.9. The average molecular weight is 452 g/mol. The van der Waals surface area contributed by atoms with Gasteiger partial charge in [0.15, 0.2) is 0 Å². The van der Waals surface area contributed by atoms with E-state index >= 15 is 0 Å². The van der Waals surface area contributed by atoms with Crippen molar-refractivity contribution in [3.05, 3.63) is 63.7 Å². The van der Waals surface area contributed by atoms with Gasteiger partial charge in [0.2, 0.25) is 0 Å². The maximum Gasteiger partial charge on any atom is 0.137 e. The lowest BCUT2D eigenvalue weighted by Gasteiger charge is -2.13. The molecule has 0 radical (unpaired) electrons. The van der Waals surface area contributed by atoms with E-state index < -0.39 is 0 Å². The summed E-state index contributed by atoms with van der Waals surface area (Å²) >= 11 is 6.70. The van der Waals surface area contributed by atoms with E-state index in [1.807, 2.05) is 12.1 Å². The van der Waals surface area contributed by atoms with Crippen LogP contribution in [0, 0.1) is 5.41 Å². The zero-order chi connectivity index (χ0) is 17.7. The Kier molecular flexibility index (Phi) is 6.10. The summed E-state index contributed by atoms with van der Waals surface area (Å²) in [7, 11) is 0. The first-order valence-electron chi connectivity index (χ1n) is 6.87. The van der Waals surface area contributed by atoms with Crippen molar-refractivity contribution in [3.8, 4) is 0 Å². The molecule has 0 atom stereocenters. The molecule has 8 heteroatoms. The number of rotatable bonds is 6. The van der Waals surface area contributed by atoms with Crippen molar-refractivity contribution in [2.45, 2.75) is 6.92 Å². The average Bonchev–Trinajstić information content (AvgIpc) is 2.50. The van der Waals surface area contributed by atoms with Gasteiger partial charge >= 0.3 is 0 Å². The lowest BCUT2D eigenvalue weighted by atomic mass is 10.1. The Balaban J connectivity index is 2.17. The van der Waals surface area contributed by atoms with Crippen LogP contribution in [-0.2, 0) is 0 Å². The van der Waals surface area contributed by atoms with Crippen LogP contribution in [0.1, 0.15) is 6.92 Å². The fraction of sp³-hybridized carbons (Fsp3) is 0.0625. The molecule has 2 heterocycles. The predicted octanol–water partition coefficient (Wildman–Crippen LogP) is 4.55. The molecule has 0 bridgehead atoms. The van der Waals surface area contributed by atoms with E-state index in [1.165, 1.54) is 0 Å². The number of hydrogen-bond acceptors (Lipinski definition) is 6. The molecule has 0 aliphatic rings. The van der Waals surface area contributed by atoms with Gasteiger partial charge < -0.3 is 21.8 Å². The molecule has 24 heavy (non-hydrogen) atoms. The van der Waals surface area contributed by atoms with Crippen molar-refractivity contribution in [1.82, 2.24) is 9.97 Å². The van der Waals surface area contributed by atoms with Gasteiger partial charge in [-0.1, -0.05) is 6.58 Å². The van der Waals surface area contributed by atoms with Gasteiger partial charge in [-0.15, -0.1) is 0 Å². The van der Waals surface area contributed by atoms with Gasteiger partial charge in [-0.25, -0.2) is 4.98 Å². The van der Waals surface area contributed by atoms with Gasteiger partial charge in [-0.05, 0) is 50.9 Å². The Bertz CT molecular complexity index is 816. The highest BCUT2D eigenvalue weighted by molar-refractivity contribution is 9.10. The Morgan fingerprint density at radius 3 is 2.62 bits per heavy atom. The van der Waals surface area contributed by atoms with Crippen LogP contribution < -0.4 is 16.4 Å². The van der Waals surface area contributed by atoms with E-state index in [2.05, 4.69) is 59.0 Å². The first-order chi connectivity index (χ1) is 11.4. The molecule has 0 spiro atoms. The third-order valence-corrected chi connectivity index (χ3v) is 4.05. The zero-order valence-electron chi connectivity index (χ0n) is 12.9. The van der Waals surface area contributed by atoms with Crippen molar-refractivity contribution < 1.29 is 0 Å². The number of nitrogens with two attached hydrogens (primary N) is 1. The van der Waals surface area contributed by atoms with Crippen LogP contribution in [0.3, 0.4) is 0 Å². The molecule has 0 saturated carbocycles. The fourth-order valence-corrected chi connectivity index (χ4v) is 2.54. The number of nitrogen functional groups attached to an aromatic ring is 1. The smallest absolute Gasteiger partial charge is 0.137 e. The number of pyridine rings is 2. The molecule has 2 aromatic heterocycles. The molecule has 0 fully saturated rings. The SMILES string of the molecule is C=C(Nc1cncc(Br)c1)/C(=C/Nc1cnc(N)c(Br)c1)C(C)=N. The van der Waals surface area contributed by atoms with Crippen molar-refractivity contribution in [2.24, 2.45) is 0 Å². The Hall–Kier alpha value is -2.19. The molecular formula is C16H16Br2N6. The summed E-state index contributed by atoms with van der Waals surface area (Å²) in [5, 5.41) is 14.2. The Morgan fingerprint density at radius 1 is 1.25 bits per heavy atom. The van der Waals surface area contributed by atoms with Crippen molar-refractivity contribution >= 4 is 54.8 Å². The second-order valence-corrected chi connectivity index (χ2v) is 6.68. The molecule has 0 aliphatic carbocycles. The van der Waals surface area contributed by atoms with Gasteiger partial charge in [-0.2, -0.15) is 0 Å². The molecule has 2 rings (SSSR count). The normalized spacial score (nSPS) is 11.0. The number of halogens is 2. The minimum atomic E-state index is 0.366. The predicted molar refractivity (Wildman–Crippen MR) is 106 cm³/mol. The Morgan fingerprint density at radius 2 is 2.00 bits per heavy atom. The molecule has 0 unspecified atom stereocenters. The van der Waals surface area contributed by atoms with Crippen molar-refractivity contribution in [1.29, 1.82) is 5.41 Å². The van der Waals surface area contributed by atoms with Gasteiger partial charge in [0, 0.05) is 33.9 Å². The Labute approximate surface area is 157 Å². The number of hydrogen-bond donors (Lipinski definition) is 4. The number of aromatic nitrogens is 2.